The fourth-order valence-corrected chi connectivity index (χ4v) is 4.58. The van der Waals surface area contributed by atoms with Gasteiger partial charge in [0.25, 0.3) is 5.16 Å². The van der Waals surface area contributed by atoms with Crippen molar-refractivity contribution in [1.82, 2.24) is 9.97 Å². The van der Waals surface area contributed by atoms with Gasteiger partial charge in [0.2, 0.25) is 15.7 Å². The minimum atomic E-state index is -3.74. The molecule has 0 saturated heterocycles. The number of fused-ring (bicyclic) bond motifs is 1. The van der Waals surface area contributed by atoms with Crippen LogP contribution < -0.4 is 4.74 Å². The lowest BCUT2D eigenvalue weighted by atomic mass is 9.97. The second-order valence-corrected chi connectivity index (χ2v) is 9.13. The van der Waals surface area contributed by atoms with Crippen LogP contribution in [0.4, 0.5) is 4.39 Å². The number of benzene rings is 2. The highest BCUT2D eigenvalue weighted by molar-refractivity contribution is 7.90. The van der Waals surface area contributed by atoms with Gasteiger partial charge in [-0.25, -0.2) is 17.8 Å². The molecular weight excluding hydrogens is 391 g/mol. The van der Waals surface area contributed by atoms with Gasteiger partial charge < -0.3 is 4.74 Å². The fourth-order valence-electron chi connectivity index (χ4n) is 3.34. The van der Waals surface area contributed by atoms with E-state index in [1.54, 1.807) is 12.1 Å². The van der Waals surface area contributed by atoms with E-state index in [0.717, 1.165) is 30.4 Å². The Morgan fingerprint density at radius 3 is 2.38 bits per heavy atom. The number of aromatic nitrogens is 2. The monoisotopic (exact) mass is 412 g/mol. The summed E-state index contributed by atoms with van der Waals surface area (Å²) in [6, 6.07) is 12.9. The zero-order chi connectivity index (χ0) is 20.4. The summed E-state index contributed by atoms with van der Waals surface area (Å²) < 4.78 is 45.0. The van der Waals surface area contributed by atoms with Gasteiger partial charge in [0.1, 0.15) is 11.6 Å². The van der Waals surface area contributed by atoms with E-state index in [2.05, 4.69) is 9.97 Å². The molecule has 150 valence electrons. The van der Waals surface area contributed by atoms with Crippen LogP contribution in [0.5, 0.6) is 11.6 Å². The fraction of sp³-hybridized carbons (Fsp3) is 0.273. The molecule has 1 aromatic heterocycles. The predicted octanol–water partition coefficient (Wildman–Crippen LogP) is 4.57. The van der Waals surface area contributed by atoms with Gasteiger partial charge in [0.05, 0.1) is 11.4 Å². The van der Waals surface area contributed by atoms with Gasteiger partial charge in [-0.05, 0) is 62.4 Å². The van der Waals surface area contributed by atoms with Gasteiger partial charge in [-0.15, -0.1) is 0 Å². The van der Waals surface area contributed by atoms with Crippen molar-refractivity contribution in [2.24, 2.45) is 0 Å². The Labute approximate surface area is 169 Å². The van der Waals surface area contributed by atoms with E-state index < -0.39 is 9.84 Å². The average molecular weight is 412 g/mol. The molecule has 0 spiro atoms. The van der Waals surface area contributed by atoms with Crippen molar-refractivity contribution in [2.75, 3.05) is 0 Å². The minimum Gasteiger partial charge on any atom is -0.439 e. The summed E-state index contributed by atoms with van der Waals surface area (Å²) in [6.45, 7) is 1.95. The summed E-state index contributed by atoms with van der Waals surface area (Å²) >= 11 is 0. The number of nitrogens with zero attached hydrogens (tertiary/aromatic N) is 2. The maximum absolute atomic E-state index is 13.2. The van der Waals surface area contributed by atoms with E-state index in [0.29, 0.717) is 23.4 Å². The van der Waals surface area contributed by atoms with E-state index in [4.69, 9.17) is 4.74 Å². The summed E-state index contributed by atoms with van der Waals surface area (Å²) in [5, 5.41) is -0.226. The molecule has 0 atom stereocenters. The number of ether oxygens (including phenoxy) is 1. The summed E-state index contributed by atoms with van der Waals surface area (Å²) in [5.74, 6) is 0.0918. The van der Waals surface area contributed by atoms with Crippen molar-refractivity contribution < 1.29 is 17.5 Å². The molecule has 0 bridgehead atoms. The first kappa shape index (κ1) is 19.5. The SMILES string of the molecule is Cc1ccc(CS(=O)(=O)c2nc3c(c(Oc4ccc(F)cc4)n2)CCCC3)cc1. The van der Waals surface area contributed by atoms with Crippen molar-refractivity contribution in [3.63, 3.8) is 0 Å². The molecule has 1 aliphatic carbocycles. The minimum absolute atomic E-state index is 0.179. The lowest BCUT2D eigenvalue weighted by molar-refractivity contribution is 0.436. The van der Waals surface area contributed by atoms with E-state index in [9.17, 15) is 12.8 Å². The van der Waals surface area contributed by atoms with Gasteiger partial charge in [0.15, 0.2) is 0 Å². The molecule has 7 heteroatoms. The molecule has 0 amide bonds. The molecule has 2 aromatic carbocycles. The van der Waals surface area contributed by atoms with Gasteiger partial charge in [0, 0.05) is 5.56 Å². The molecule has 1 aliphatic rings. The van der Waals surface area contributed by atoms with Gasteiger partial charge in [-0.2, -0.15) is 4.98 Å². The number of hydrogen-bond acceptors (Lipinski definition) is 5. The Kier molecular flexibility index (Phi) is 5.32. The van der Waals surface area contributed by atoms with Gasteiger partial charge in [-0.1, -0.05) is 29.8 Å². The summed E-state index contributed by atoms with van der Waals surface area (Å²) in [5.41, 5.74) is 3.28. The first-order valence-corrected chi connectivity index (χ1v) is 11.2. The molecule has 0 fully saturated rings. The van der Waals surface area contributed by atoms with Crippen LogP contribution in [0.3, 0.4) is 0 Å². The van der Waals surface area contributed by atoms with Gasteiger partial charge in [-0.3, -0.25) is 0 Å². The molecule has 1 heterocycles. The Bertz CT molecular complexity index is 1130. The standard InChI is InChI=1S/C22H21FN2O3S/c1-15-6-8-16(9-7-15)14-29(26,27)22-24-20-5-3-2-4-19(20)21(25-22)28-18-12-10-17(23)11-13-18/h6-13H,2-5,14H2,1H3. The highest BCUT2D eigenvalue weighted by Crippen LogP contribution is 2.32. The molecule has 29 heavy (non-hydrogen) atoms. The number of rotatable bonds is 5. The number of hydrogen-bond donors (Lipinski definition) is 0. The molecule has 0 unspecified atom stereocenters. The van der Waals surface area contributed by atoms with Crippen molar-refractivity contribution in [1.29, 1.82) is 0 Å². The topological polar surface area (TPSA) is 69.2 Å². The highest BCUT2D eigenvalue weighted by Gasteiger charge is 2.26. The number of sulfone groups is 1. The average Bonchev–Trinajstić information content (AvgIpc) is 2.71. The van der Waals surface area contributed by atoms with Crippen LogP contribution >= 0.6 is 0 Å². The number of aryl methyl sites for hydroxylation is 2. The first-order valence-electron chi connectivity index (χ1n) is 9.52. The second-order valence-electron chi connectivity index (χ2n) is 7.24. The molecule has 5 nitrogen and oxygen atoms in total. The summed E-state index contributed by atoms with van der Waals surface area (Å²) in [4.78, 5) is 8.65. The van der Waals surface area contributed by atoms with Crippen LogP contribution in [0.1, 0.15) is 35.2 Å². The first-order chi connectivity index (χ1) is 13.9. The maximum Gasteiger partial charge on any atom is 0.250 e. The third-order valence-corrected chi connectivity index (χ3v) is 6.36. The van der Waals surface area contributed by atoms with Crippen molar-refractivity contribution >= 4 is 9.84 Å². The largest absolute Gasteiger partial charge is 0.439 e. The molecule has 4 rings (SSSR count). The second kappa shape index (κ2) is 7.91. The predicted molar refractivity (Wildman–Crippen MR) is 107 cm³/mol. The molecule has 0 radical (unpaired) electrons. The van der Waals surface area contributed by atoms with Crippen LogP contribution in [0.2, 0.25) is 0 Å². The van der Waals surface area contributed by atoms with E-state index in [1.807, 2.05) is 19.1 Å². The van der Waals surface area contributed by atoms with Gasteiger partial charge >= 0.3 is 0 Å². The van der Waals surface area contributed by atoms with Crippen LogP contribution in [0.25, 0.3) is 0 Å². The normalized spacial score (nSPS) is 13.7. The quantitative estimate of drug-likeness (QED) is 0.574. The Morgan fingerprint density at radius 1 is 0.966 bits per heavy atom. The third-order valence-electron chi connectivity index (χ3n) is 4.91. The molecule has 0 aliphatic heterocycles. The lowest BCUT2D eigenvalue weighted by Crippen LogP contribution is -2.16. The number of halogens is 1. The van der Waals surface area contributed by atoms with Crippen molar-refractivity contribution in [2.45, 2.75) is 43.5 Å². The summed E-state index contributed by atoms with van der Waals surface area (Å²) in [6.07, 6.45) is 3.32. The molecule has 3 aromatic rings. The van der Waals surface area contributed by atoms with Crippen LogP contribution in [0.15, 0.2) is 53.7 Å². The Hall–Kier alpha value is -2.80. The van der Waals surface area contributed by atoms with Crippen molar-refractivity contribution in [3.05, 3.63) is 76.7 Å². The van der Waals surface area contributed by atoms with E-state index in [-0.39, 0.29) is 22.6 Å². The molecular formula is C22H21FN2O3S. The maximum atomic E-state index is 13.2. The lowest BCUT2D eigenvalue weighted by Gasteiger charge is -2.19. The van der Waals surface area contributed by atoms with Crippen LogP contribution in [-0.4, -0.2) is 18.4 Å². The Morgan fingerprint density at radius 2 is 1.66 bits per heavy atom. The smallest absolute Gasteiger partial charge is 0.250 e. The zero-order valence-electron chi connectivity index (χ0n) is 16.1. The molecule has 0 saturated carbocycles. The van der Waals surface area contributed by atoms with Crippen LogP contribution in [0, 0.1) is 12.7 Å². The third kappa shape index (κ3) is 4.45. The van der Waals surface area contributed by atoms with E-state index >= 15 is 0 Å². The Balaban J connectivity index is 1.71. The molecule has 0 N–H and O–H groups in total. The van der Waals surface area contributed by atoms with E-state index in [1.165, 1.54) is 24.3 Å². The summed E-state index contributed by atoms with van der Waals surface area (Å²) in [7, 11) is -3.74. The zero-order valence-corrected chi connectivity index (χ0v) is 16.9. The highest BCUT2D eigenvalue weighted by atomic mass is 32.2. The van der Waals surface area contributed by atoms with Crippen LogP contribution in [-0.2, 0) is 28.4 Å². The van der Waals surface area contributed by atoms with Crippen molar-refractivity contribution in [3.8, 4) is 11.6 Å².